The number of H-pyrrole nitrogens is 1. The van der Waals surface area contributed by atoms with Crippen LogP contribution < -0.4 is 10.1 Å². The minimum Gasteiger partial charge on any atom is -0.496 e. The molecule has 0 aliphatic rings. The molecule has 0 spiro atoms. The van der Waals surface area contributed by atoms with Crippen LogP contribution >= 0.6 is 0 Å². The highest BCUT2D eigenvalue weighted by molar-refractivity contribution is 5.93. The van der Waals surface area contributed by atoms with E-state index in [1.807, 2.05) is 19.2 Å². The number of aromatic nitrogens is 1. The maximum atomic E-state index is 9.40. The van der Waals surface area contributed by atoms with E-state index in [9.17, 15) is 5.26 Å². The van der Waals surface area contributed by atoms with E-state index in [4.69, 9.17) is 4.74 Å². The van der Waals surface area contributed by atoms with Gasteiger partial charge in [-0.1, -0.05) is 36.4 Å². The molecule has 122 valence electrons. The normalized spacial score (nSPS) is 12.0. The zero-order valence-electron chi connectivity index (χ0n) is 14.0. The Bertz CT molecular complexity index is 862. The molecular formula is C20H21N3O. The van der Waals surface area contributed by atoms with E-state index in [0.717, 1.165) is 35.2 Å². The van der Waals surface area contributed by atoms with Crippen LogP contribution in [0, 0.1) is 11.3 Å². The fourth-order valence-electron chi connectivity index (χ4n) is 3.27. The third-order valence-corrected chi connectivity index (χ3v) is 4.41. The first-order valence-corrected chi connectivity index (χ1v) is 8.07. The lowest BCUT2D eigenvalue weighted by atomic mass is 9.87. The van der Waals surface area contributed by atoms with Gasteiger partial charge in [-0.25, -0.2) is 0 Å². The van der Waals surface area contributed by atoms with Gasteiger partial charge in [0.2, 0.25) is 0 Å². The van der Waals surface area contributed by atoms with E-state index in [2.05, 4.69) is 46.7 Å². The van der Waals surface area contributed by atoms with Crippen LogP contribution in [0.3, 0.4) is 0 Å². The Labute approximate surface area is 142 Å². The van der Waals surface area contributed by atoms with Crippen LogP contribution in [0.4, 0.5) is 0 Å². The van der Waals surface area contributed by atoms with Crippen molar-refractivity contribution >= 4 is 10.9 Å². The zero-order valence-corrected chi connectivity index (χ0v) is 14.0. The molecule has 0 saturated carbocycles. The molecule has 1 heterocycles. The lowest BCUT2D eigenvalue weighted by molar-refractivity contribution is 0.411. The first-order chi connectivity index (χ1) is 11.8. The fourth-order valence-corrected chi connectivity index (χ4v) is 3.27. The predicted octanol–water partition coefficient (Wildman–Crippen LogP) is 3.79. The quantitative estimate of drug-likeness (QED) is 0.726. The van der Waals surface area contributed by atoms with Gasteiger partial charge >= 0.3 is 0 Å². The molecule has 3 aromatic rings. The minimum atomic E-state index is 0.208. The summed E-state index contributed by atoms with van der Waals surface area (Å²) in [4.78, 5) is 3.15. The van der Waals surface area contributed by atoms with E-state index in [-0.39, 0.29) is 5.92 Å². The highest BCUT2D eigenvalue weighted by atomic mass is 16.5. The number of nitrogens with zero attached hydrogens (tertiary/aromatic N) is 1. The van der Waals surface area contributed by atoms with Gasteiger partial charge < -0.3 is 15.0 Å². The number of ether oxygens (including phenoxy) is 1. The Morgan fingerprint density at radius 2 is 2.00 bits per heavy atom. The van der Waals surface area contributed by atoms with Crippen LogP contribution in [0.15, 0.2) is 48.7 Å². The van der Waals surface area contributed by atoms with Crippen LogP contribution in [0.5, 0.6) is 5.75 Å². The van der Waals surface area contributed by atoms with Gasteiger partial charge in [-0.05, 0) is 31.6 Å². The van der Waals surface area contributed by atoms with Crippen molar-refractivity contribution < 1.29 is 4.74 Å². The fraction of sp³-hybridized carbons (Fsp3) is 0.250. The SMILES string of the molecule is CNCCC(c1ccccc1)c1ccc2[nH]cc(C#N)c2c1OC. The summed E-state index contributed by atoms with van der Waals surface area (Å²) >= 11 is 0. The highest BCUT2D eigenvalue weighted by Crippen LogP contribution is 2.39. The summed E-state index contributed by atoms with van der Waals surface area (Å²) in [6, 6.07) is 16.8. The molecule has 24 heavy (non-hydrogen) atoms. The number of benzene rings is 2. The lowest BCUT2D eigenvalue weighted by Crippen LogP contribution is -2.14. The molecule has 1 unspecified atom stereocenters. The maximum absolute atomic E-state index is 9.40. The second-order valence-electron chi connectivity index (χ2n) is 5.78. The van der Waals surface area contributed by atoms with Crippen molar-refractivity contribution in [2.45, 2.75) is 12.3 Å². The largest absolute Gasteiger partial charge is 0.496 e. The highest BCUT2D eigenvalue weighted by Gasteiger charge is 2.21. The van der Waals surface area contributed by atoms with Crippen molar-refractivity contribution in [1.82, 2.24) is 10.3 Å². The van der Waals surface area contributed by atoms with Crippen LogP contribution in [-0.2, 0) is 0 Å². The summed E-state index contributed by atoms with van der Waals surface area (Å²) in [5.41, 5.74) is 3.90. The number of fused-ring (bicyclic) bond motifs is 1. The van der Waals surface area contributed by atoms with Crippen molar-refractivity contribution in [3.05, 3.63) is 65.4 Å². The molecule has 1 aromatic heterocycles. The third-order valence-electron chi connectivity index (χ3n) is 4.41. The first-order valence-electron chi connectivity index (χ1n) is 8.07. The Balaban J connectivity index is 2.18. The molecule has 0 amide bonds. The molecule has 0 fully saturated rings. The van der Waals surface area contributed by atoms with Crippen molar-refractivity contribution in [3.8, 4) is 11.8 Å². The number of rotatable bonds is 6. The molecule has 2 N–H and O–H groups in total. The van der Waals surface area contributed by atoms with E-state index < -0.39 is 0 Å². The summed E-state index contributed by atoms with van der Waals surface area (Å²) in [6.45, 7) is 0.902. The average Bonchev–Trinajstić information content (AvgIpc) is 3.06. The summed E-state index contributed by atoms with van der Waals surface area (Å²) < 4.78 is 5.75. The van der Waals surface area contributed by atoms with Crippen molar-refractivity contribution in [2.24, 2.45) is 0 Å². The summed E-state index contributed by atoms with van der Waals surface area (Å²) in [5, 5.41) is 13.5. The van der Waals surface area contributed by atoms with E-state index >= 15 is 0 Å². The first kappa shape index (κ1) is 16.1. The second kappa shape index (κ2) is 7.20. The van der Waals surface area contributed by atoms with Gasteiger partial charge in [0.1, 0.15) is 11.8 Å². The van der Waals surface area contributed by atoms with Gasteiger partial charge in [0.05, 0.1) is 23.6 Å². The molecule has 4 heteroatoms. The van der Waals surface area contributed by atoms with Crippen LogP contribution in [-0.4, -0.2) is 25.7 Å². The Morgan fingerprint density at radius 1 is 1.21 bits per heavy atom. The number of nitrogens with one attached hydrogen (secondary N) is 2. The van der Waals surface area contributed by atoms with E-state index in [0.29, 0.717) is 5.56 Å². The van der Waals surface area contributed by atoms with Crippen LogP contribution in [0.1, 0.15) is 29.0 Å². The Morgan fingerprint density at radius 3 is 2.67 bits per heavy atom. The topological polar surface area (TPSA) is 60.8 Å². The minimum absolute atomic E-state index is 0.208. The summed E-state index contributed by atoms with van der Waals surface area (Å²) in [6.07, 6.45) is 2.69. The smallest absolute Gasteiger partial charge is 0.133 e. The van der Waals surface area contributed by atoms with Crippen molar-refractivity contribution in [2.75, 3.05) is 20.7 Å². The van der Waals surface area contributed by atoms with E-state index in [1.165, 1.54) is 5.56 Å². The van der Waals surface area contributed by atoms with Gasteiger partial charge in [0.25, 0.3) is 0 Å². The number of nitriles is 1. The lowest BCUT2D eigenvalue weighted by Gasteiger charge is -2.21. The monoisotopic (exact) mass is 319 g/mol. The maximum Gasteiger partial charge on any atom is 0.133 e. The zero-order chi connectivity index (χ0) is 16.9. The second-order valence-corrected chi connectivity index (χ2v) is 5.78. The number of aromatic amines is 1. The molecule has 0 radical (unpaired) electrons. The summed E-state index contributed by atoms with van der Waals surface area (Å²) in [5.74, 6) is 0.995. The number of hydrogen-bond donors (Lipinski definition) is 2. The predicted molar refractivity (Wildman–Crippen MR) is 96.4 cm³/mol. The van der Waals surface area contributed by atoms with Crippen LogP contribution in [0.2, 0.25) is 0 Å². The van der Waals surface area contributed by atoms with Crippen LogP contribution in [0.25, 0.3) is 10.9 Å². The van der Waals surface area contributed by atoms with Gasteiger partial charge in [0, 0.05) is 17.7 Å². The van der Waals surface area contributed by atoms with Gasteiger partial charge in [-0.2, -0.15) is 5.26 Å². The van der Waals surface area contributed by atoms with Gasteiger partial charge in [-0.3, -0.25) is 0 Å². The average molecular weight is 319 g/mol. The Kier molecular flexibility index (Phi) is 4.83. The van der Waals surface area contributed by atoms with Crippen molar-refractivity contribution in [3.63, 3.8) is 0 Å². The number of methoxy groups -OCH3 is 1. The Hall–Kier alpha value is -2.77. The molecule has 0 bridgehead atoms. The molecular weight excluding hydrogens is 298 g/mol. The van der Waals surface area contributed by atoms with Gasteiger partial charge in [-0.15, -0.1) is 0 Å². The van der Waals surface area contributed by atoms with Crippen molar-refractivity contribution in [1.29, 1.82) is 5.26 Å². The van der Waals surface area contributed by atoms with E-state index in [1.54, 1.807) is 13.3 Å². The molecule has 1 atom stereocenters. The van der Waals surface area contributed by atoms with Gasteiger partial charge in [0.15, 0.2) is 0 Å². The number of hydrogen-bond acceptors (Lipinski definition) is 3. The molecule has 0 aliphatic heterocycles. The molecule has 0 aliphatic carbocycles. The molecule has 4 nitrogen and oxygen atoms in total. The standard InChI is InChI=1S/C20H21N3O/c1-22-11-10-16(14-6-4-3-5-7-14)17-8-9-18-19(20(17)24-2)15(12-21)13-23-18/h3-9,13,16,22-23H,10-11H2,1-2H3. The summed E-state index contributed by atoms with van der Waals surface area (Å²) in [7, 11) is 3.63. The molecule has 3 rings (SSSR count). The molecule has 2 aromatic carbocycles. The molecule has 0 saturated heterocycles. The third kappa shape index (κ3) is 2.86.